The van der Waals surface area contributed by atoms with Crippen LogP contribution in [-0.4, -0.2) is 11.7 Å². The van der Waals surface area contributed by atoms with E-state index in [1.54, 1.807) is 18.2 Å². The second-order valence-electron chi connectivity index (χ2n) is 3.85. The van der Waals surface area contributed by atoms with Crippen molar-refractivity contribution in [2.45, 2.75) is 19.4 Å². The molecule has 2 nitrogen and oxygen atoms in total. The lowest BCUT2D eigenvalue weighted by Crippen LogP contribution is -2.16. The molecule has 0 saturated heterocycles. The number of rotatable bonds is 4. The van der Waals surface area contributed by atoms with Gasteiger partial charge in [0.15, 0.2) is 0 Å². The quantitative estimate of drug-likeness (QED) is 0.803. The maximum absolute atomic E-state index is 9.52. The Balaban J connectivity index is 1.89. The molecule has 1 aromatic rings. The van der Waals surface area contributed by atoms with Crippen LogP contribution < -0.4 is 5.32 Å². The largest absolute Gasteiger partial charge is 0.508 e. The minimum absolute atomic E-state index is 0.317. The summed E-state index contributed by atoms with van der Waals surface area (Å²) < 4.78 is 0. The van der Waals surface area contributed by atoms with Crippen LogP contribution in [0.2, 0.25) is 5.02 Å². The van der Waals surface area contributed by atoms with Crippen LogP contribution in [0.4, 0.5) is 0 Å². The smallest absolute Gasteiger partial charge is 0.120 e. The average Bonchev–Trinajstić information content (AvgIpc) is 2.95. The monoisotopic (exact) mass is 211 g/mol. The first-order chi connectivity index (χ1) is 6.75. The maximum Gasteiger partial charge on any atom is 0.120 e. The van der Waals surface area contributed by atoms with Crippen molar-refractivity contribution < 1.29 is 5.11 Å². The van der Waals surface area contributed by atoms with E-state index < -0.39 is 0 Å². The van der Waals surface area contributed by atoms with Gasteiger partial charge in [-0.05, 0) is 43.5 Å². The van der Waals surface area contributed by atoms with E-state index in [2.05, 4.69) is 5.32 Å². The molecule has 0 spiro atoms. The normalized spacial score (nSPS) is 15.8. The van der Waals surface area contributed by atoms with Gasteiger partial charge in [-0.25, -0.2) is 0 Å². The fourth-order valence-corrected chi connectivity index (χ4v) is 1.62. The summed E-state index contributed by atoms with van der Waals surface area (Å²) >= 11 is 5.83. The Kier molecular flexibility index (Phi) is 2.94. The van der Waals surface area contributed by atoms with Gasteiger partial charge in [0, 0.05) is 17.1 Å². The molecule has 1 fully saturated rings. The Morgan fingerprint density at radius 1 is 1.43 bits per heavy atom. The van der Waals surface area contributed by atoms with Gasteiger partial charge in [-0.15, -0.1) is 0 Å². The third kappa shape index (κ3) is 2.63. The van der Waals surface area contributed by atoms with Gasteiger partial charge in [0.05, 0.1) is 0 Å². The van der Waals surface area contributed by atoms with Gasteiger partial charge < -0.3 is 10.4 Å². The molecule has 3 heteroatoms. The van der Waals surface area contributed by atoms with E-state index in [1.165, 1.54) is 12.8 Å². The molecule has 1 aromatic carbocycles. The van der Waals surface area contributed by atoms with Crippen LogP contribution in [0.15, 0.2) is 18.2 Å². The number of hydrogen-bond acceptors (Lipinski definition) is 2. The van der Waals surface area contributed by atoms with Crippen LogP contribution in [-0.2, 0) is 6.54 Å². The van der Waals surface area contributed by atoms with Crippen LogP contribution in [0.1, 0.15) is 18.4 Å². The molecular weight excluding hydrogens is 198 g/mol. The second kappa shape index (κ2) is 4.20. The van der Waals surface area contributed by atoms with E-state index in [4.69, 9.17) is 11.6 Å². The van der Waals surface area contributed by atoms with Gasteiger partial charge >= 0.3 is 0 Å². The van der Waals surface area contributed by atoms with E-state index in [0.29, 0.717) is 17.3 Å². The molecule has 76 valence electrons. The summed E-state index contributed by atoms with van der Waals surface area (Å²) in [5.74, 6) is 1.18. The van der Waals surface area contributed by atoms with E-state index in [9.17, 15) is 5.11 Å². The number of halogens is 1. The zero-order valence-corrected chi connectivity index (χ0v) is 8.72. The van der Waals surface area contributed by atoms with Crippen LogP contribution >= 0.6 is 11.6 Å². The molecule has 0 amide bonds. The van der Waals surface area contributed by atoms with Crippen LogP contribution in [0.3, 0.4) is 0 Å². The fraction of sp³-hybridized carbons (Fsp3) is 0.455. The van der Waals surface area contributed by atoms with Gasteiger partial charge in [-0.3, -0.25) is 0 Å². The molecular formula is C11H14ClNO. The third-order valence-corrected chi connectivity index (χ3v) is 2.72. The summed E-state index contributed by atoms with van der Waals surface area (Å²) in [6, 6.07) is 5.13. The molecule has 0 atom stereocenters. The third-order valence-electron chi connectivity index (χ3n) is 2.49. The Bertz CT molecular complexity index is 323. The molecule has 0 unspecified atom stereocenters. The summed E-state index contributed by atoms with van der Waals surface area (Å²) in [5, 5.41) is 13.5. The van der Waals surface area contributed by atoms with Crippen molar-refractivity contribution in [3.05, 3.63) is 28.8 Å². The SMILES string of the molecule is Oc1ccc(Cl)cc1CNCC1CC1. The fourth-order valence-electron chi connectivity index (χ4n) is 1.43. The molecule has 0 aromatic heterocycles. The molecule has 2 rings (SSSR count). The molecule has 1 saturated carbocycles. The van der Waals surface area contributed by atoms with Gasteiger partial charge in [0.1, 0.15) is 5.75 Å². The summed E-state index contributed by atoms with van der Waals surface area (Å²) in [6.45, 7) is 1.74. The van der Waals surface area contributed by atoms with Gasteiger partial charge in [-0.1, -0.05) is 11.6 Å². The van der Waals surface area contributed by atoms with Crippen molar-refractivity contribution in [3.8, 4) is 5.75 Å². The Hall–Kier alpha value is -0.730. The first-order valence-electron chi connectivity index (χ1n) is 4.94. The topological polar surface area (TPSA) is 32.3 Å². The lowest BCUT2D eigenvalue weighted by atomic mass is 10.2. The minimum atomic E-state index is 0.317. The van der Waals surface area contributed by atoms with Crippen LogP contribution in [0, 0.1) is 5.92 Å². The summed E-state index contributed by atoms with van der Waals surface area (Å²) in [4.78, 5) is 0. The van der Waals surface area contributed by atoms with E-state index in [-0.39, 0.29) is 0 Å². The van der Waals surface area contributed by atoms with Gasteiger partial charge in [0.2, 0.25) is 0 Å². The van der Waals surface area contributed by atoms with E-state index in [0.717, 1.165) is 18.0 Å². The van der Waals surface area contributed by atoms with Crippen molar-refractivity contribution in [3.63, 3.8) is 0 Å². The molecule has 0 bridgehead atoms. The zero-order chi connectivity index (χ0) is 9.97. The second-order valence-corrected chi connectivity index (χ2v) is 4.28. The Morgan fingerprint density at radius 2 is 2.21 bits per heavy atom. The molecule has 2 N–H and O–H groups in total. The molecule has 0 radical (unpaired) electrons. The minimum Gasteiger partial charge on any atom is -0.508 e. The zero-order valence-electron chi connectivity index (χ0n) is 7.96. The maximum atomic E-state index is 9.52. The summed E-state index contributed by atoms with van der Waals surface area (Å²) in [6.07, 6.45) is 2.68. The van der Waals surface area contributed by atoms with Crippen molar-refractivity contribution in [1.29, 1.82) is 0 Å². The number of benzene rings is 1. The van der Waals surface area contributed by atoms with Crippen molar-refractivity contribution in [1.82, 2.24) is 5.32 Å². The number of aromatic hydroxyl groups is 1. The highest BCUT2D eigenvalue weighted by molar-refractivity contribution is 6.30. The summed E-state index contributed by atoms with van der Waals surface area (Å²) in [5.41, 5.74) is 0.873. The number of phenolic OH excluding ortho intramolecular Hbond substituents is 1. The highest BCUT2D eigenvalue weighted by atomic mass is 35.5. The van der Waals surface area contributed by atoms with Crippen molar-refractivity contribution >= 4 is 11.6 Å². The lowest BCUT2D eigenvalue weighted by molar-refractivity contribution is 0.464. The number of nitrogens with one attached hydrogen (secondary N) is 1. The Labute approximate surface area is 88.9 Å². The highest BCUT2D eigenvalue weighted by Crippen LogP contribution is 2.28. The lowest BCUT2D eigenvalue weighted by Gasteiger charge is -2.06. The van der Waals surface area contributed by atoms with E-state index >= 15 is 0 Å². The average molecular weight is 212 g/mol. The predicted octanol–water partition coefficient (Wildman–Crippen LogP) is 2.55. The van der Waals surface area contributed by atoms with Gasteiger partial charge in [-0.2, -0.15) is 0 Å². The van der Waals surface area contributed by atoms with Gasteiger partial charge in [0.25, 0.3) is 0 Å². The number of phenols is 1. The highest BCUT2D eigenvalue weighted by Gasteiger charge is 2.20. The van der Waals surface area contributed by atoms with Crippen LogP contribution in [0.25, 0.3) is 0 Å². The number of hydrogen-bond donors (Lipinski definition) is 2. The Morgan fingerprint density at radius 3 is 2.93 bits per heavy atom. The van der Waals surface area contributed by atoms with Crippen molar-refractivity contribution in [2.24, 2.45) is 5.92 Å². The molecule has 1 aliphatic carbocycles. The van der Waals surface area contributed by atoms with E-state index in [1.807, 2.05) is 0 Å². The molecule has 0 aliphatic heterocycles. The van der Waals surface area contributed by atoms with Crippen LogP contribution in [0.5, 0.6) is 5.75 Å². The molecule has 1 aliphatic rings. The van der Waals surface area contributed by atoms with Crippen molar-refractivity contribution in [2.75, 3.05) is 6.54 Å². The first kappa shape index (κ1) is 9.81. The molecule has 14 heavy (non-hydrogen) atoms. The predicted molar refractivity (Wildman–Crippen MR) is 57.5 cm³/mol. The standard InChI is InChI=1S/C11H14ClNO/c12-10-3-4-11(14)9(5-10)7-13-6-8-1-2-8/h3-5,8,13-14H,1-2,6-7H2. The first-order valence-corrected chi connectivity index (χ1v) is 5.31. The summed E-state index contributed by atoms with van der Waals surface area (Å²) in [7, 11) is 0. The molecule has 0 heterocycles.